The van der Waals surface area contributed by atoms with Crippen LogP contribution in [-0.4, -0.2) is 14.6 Å². The first-order valence-corrected chi connectivity index (χ1v) is 9.04. The summed E-state index contributed by atoms with van der Waals surface area (Å²) in [5.41, 5.74) is 3.44. The van der Waals surface area contributed by atoms with Gasteiger partial charge >= 0.3 is 0 Å². The zero-order valence-electron chi connectivity index (χ0n) is 14.9. The van der Waals surface area contributed by atoms with Crippen molar-refractivity contribution in [2.24, 2.45) is 0 Å². The van der Waals surface area contributed by atoms with E-state index in [1.54, 1.807) is 11.9 Å². The minimum atomic E-state index is 0.177. The van der Waals surface area contributed by atoms with Crippen molar-refractivity contribution in [1.29, 1.82) is 0 Å². The number of nitrogens with zero attached hydrogens (tertiary/aromatic N) is 3. The summed E-state index contributed by atoms with van der Waals surface area (Å²) in [5.74, 6) is 1.31. The lowest BCUT2D eigenvalue weighted by Crippen LogP contribution is -2.10. The second-order valence-corrected chi connectivity index (χ2v) is 8.18. The predicted molar refractivity (Wildman–Crippen MR) is 102 cm³/mol. The molecule has 0 aliphatic rings. The molecule has 0 saturated carbocycles. The minimum Gasteiger partial charge on any atom is -0.310 e. The first-order valence-electron chi connectivity index (χ1n) is 8.22. The fraction of sp³-hybridized carbons (Fsp3) is 0.368. The summed E-state index contributed by atoms with van der Waals surface area (Å²) >= 11 is 1.59. The maximum absolute atomic E-state index is 4.65. The maximum atomic E-state index is 4.65. The Morgan fingerprint density at radius 1 is 1.08 bits per heavy atom. The van der Waals surface area contributed by atoms with Crippen LogP contribution in [0, 0.1) is 0 Å². The van der Waals surface area contributed by atoms with Gasteiger partial charge in [-0.1, -0.05) is 46.8 Å². The fourth-order valence-electron chi connectivity index (χ4n) is 2.41. The summed E-state index contributed by atoms with van der Waals surface area (Å²) in [5, 5.41) is 4.65. The largest absolute Gasteiger partial charge is 0.310 e. The topological polar surface area (TPSA) is 42.2 Å². The monoisotopic (exact) mass is 340 g/mol. The lowest BCUT2D eigenvalue weighted by atomic mass is 9.87. The molecule has 0 radical (unpaired) electrons. The van der Waals surface area contributed by atoms with Crippen molar-refractivity contribution in [3.05, 3.63) is 53.9 Å². The summed E-state index contributed by atoms with van der Waals surface area (Å²) in [7, 11) is 0. The van der Waals surface area contributed by atoms with Gasteiger partial charge in [0, 0.05) is 17.2 Å². The Labute approximate surface area is 147 Å². The highest BCUT2D eigenvalue weighted by Gasteiger charge is 2.13. The number of anilines is 1. The van der Waals surface area contributed by atoms with Crippen LogP contribution in [0.25, 0.3) is 5.65 Å². The van der Waals surface area contributed by atoms with Crippen LogP contribution in [0.4, 0.5) is 5.82 Å². The van der Waals surface area contributed by atoms with E-state index in [4.69, 9.17) is 0 Å². The molecule has 0 unspecified atom stereocenters. The Morgan fingerprint density at radius 3 is 2.42 bits per heavy atom. The average Bonchev–Trinajstić information content (AvgIpc) is 2.97. The molecule has 3 aromatic rings. The summed E-state index contributed by atoms with van der Waals surface area (Å²) in [6.07, 6.45) is 1.81. The lowest BCUT2D eigenvalue weighted by Gasteiger charge is -2.19. The zero-order chi connectivity index (χ0) is 17.3. The van der Waals surface area contributed by atoms with Gasteiger partial charge in [-0.2, -0.15) is 9.61 Å². The molecule has 0 amide bonds. The quantitative estimate of drug-likeness (QED) is 0.657. The number of rotatable bonds is 4. The number of fused-ring (bicyclic) bond motifs is 1. The predicted octanol–water partition coefficient (Wildman–Crippen LogP) is 5.27. The van der Waals surface area contributed by atoms with Gasteiger partial charge in [0.25, 0.3) is 0 Å². The molecule has 0 aliphatic heterocycles. The highest BCUT2D eigenvalue weighted by molar-refractivity contribution is 8.00. The van der Waals surface area contributed by atoms with E-state index >= 15 is 0 Å². The number of benzene rings is 1. The normalized spacial score (nSPS) is 12.1. The van der Waals surface area contributed by atoms with Crippen LogP contribution >= 0.6 is 11.9 Å². The third-order valence-corrected chi connectivity index (χ3v) is 4.78. The van der Waals surface area contributed by atoms with Gasteiger partial charge in [0.1, 0.15) is 5.82 Å². The van der Waals surface area contributed by atoms with E-state index in [9.17, 15) is 0 Å². The lowest BCUT2D eigenvalue weighted by molar-refractivity contribution is 0.590. The van der Waals surface area contributed by atoms with Crippen LogP contribution in [0.15, 0.2) is 47.5 Å². The second kappa shape index (κ2) is 6.48. The van der Waals surface area contributed by atoms with Gasteiger partial charge in [-0.15, -0.1) is 0 Å². The molecule has 2 aromatic heterocycles. The van der Waals surface area contributed by atoms with Crippen molar-refractivity contribution in [2.75, 3.05) is 4.72 Å². The molecular weight excluding hydrogens is 316 g/mol. The van der Waals surface area contributed by atoms with Gasteiger partial charge in [0.05, 0.1) is 5.69 Å². The number of hydrogen-bond acceptors (Lipinski definition) is 4. The third-order valence-electron chi connectivity index (χ3n) is 3.96. The van der Waals surface area contributed by atoms with Crippen LogP contribution in [-0.2, 0) is 5.41 Å². The Balaban J connectivity index is 1.78. The average molecular weight is 340 g/mol. The number of nitrogens with one attached hydrogen (secondary N) is 1. The van der Waals surface area contributed by atoms with Crippen LogP contribution in [0.3, 0.4) is 0 Å². The summed E-state index contributed by atoms with van der Waals surface area (Å²) < 4.78 is 5.26. The Bertz CT molecular complexity index is 829. The molecule has 1 aromatic carbocycles. The molecule has 0 aliphatic carbocycles. The Hall–Kier alpha value is -2.01. The standard InChI is InChI=1S/C19H24N4S/c1-13(2)16-12-18-20-11-10-17(23(18)21-16)22-24-15-8-6-14(7-9-15)19(3,4)5/h6-13,22H,1-5H3. The minimum absolute atomic E-state index is 0.177. The fourth-order valence-corrected chi connectivity index (χ4v) is 3.06. The number of hydrogen-bond donors (Lipinski definition) is 1. The van der Waals surface area contributed by atoms with Crippen molar-refractivity contribution in [1.82, 2.24) is 14.6 Å². The van der Waals surface area contributed by atoms with Gasteiger partial charge in [0.2, 0.25) is 0 Å². The van der Waals surface area contributed by atoms with Crippen LogP contribution in [0.1, 0.15) is 51.8 Å². The molecule has 126 valence electrons. The highest BCUT2D eigenvalue weighted by atomic mass is 32.2. The molecule has 1 N–H and O–H groups in total. The van der Waals surface area contributed by atoms with Gasteiger partial charge < -0.3 is 4.72 Å². The molecule has 5 heteroatoms. The van der Waals surface area contributed by atoms with Gasteiger partial charge in [-0.05, 0) is 47.0 Å². The van der Waals surface area contributed by atoms with Crippen molar-refractivity contribution < 1.29 is 0 Å². The summed E-state index contributed by atoms with van der Waals surface area (Å²) in [4.78, 5) is 5.56. The second-order valence-electron chi connectivity index (χ2n) is 7.30. The first kappa shape index (κ1) is 16.8. The molecule has 0 saturated heterocycles. The van der Waals surface area contributed by atoms with Crippen molar-refractivity contribution in [3.8, 4) is 0 Å². The molecule has 0 fully saturated rings. The van der Waals surface area contributed by atoms with Gasteiger partial charge in [-0.3, -0.25) is 0 Å². The van der Waals surface area contributed by atoms with E-state index in [0.29, 0.717) is 5.92 Å². The van der Waals surface area contributed by atoms with Gasteiger partial charge in [-0.25, -0.2) is 4.98 Å². The third kappa shape index (κ3) is 3.56. The molecule has 24 heavy (non-hydrogen) atoms. The zero-order valence-corrected chi connectivity index (χ0v) is 15.7. The van der Waals surface area contributed by atoms with Crippen molar-refractivity contribution in [3.63, 3.8) is 0 Å². The van der Waals surface area contributed by atoms with E-state index < -0.39 is 0 Å². The smallest absolute Gasteiger partial charge is 0.157 e. The molecule has 2 heterocycles. The van der Waals surface area contributed by atoms with Crippen molar-refractivity contribution >= 4 is 23.4 Å². The molecule has 0 bridgehead atoms. The molecule has 4 nitrogen and oxygen atoms in total. The van der Waals surface area contributed by atoms with E-state index in [1.807, 2.05) is 22.8 Å². The summed E-state index contributed by atoms with van der Waals surface area (Å²) in [6, 6.07) is 12.7. The van der Waals surface area contributed by atoms with E-state index in [1.165, 1.54) is 10.5 Å². The highest BCUT2D eigenvalue weighted by Crippen LogP contribution is 2.27. The maximum Gasteiger partial charge on any atom is 0.157 e. The number of aromatic nitrogens is 3. The first-order chi connectivity index (χ1) is 11.3. The molecule has 0 atom stereocenters. The summed E-state index contributed by atoms with van der Waals surface area (Å²) in [6.45, 7) is 11.0. The van der Waals surface area contributed by atoms with E-state index in [-0.39, 0.29) is 5.41 Å². The Kier molecular flexibility index (Phi) is 4.54. The molecular formula is C19H24N4S. The molecule has 0 spiro atoms. The van der Waals surface area contributed by atoms with Crippen molar-refractivity contribution in [2.45, 2.75) is 50.8 Å². The Morgan fingerprint density at radius 2 is 1.79 bits per heavy atom. The van der Waals surface area contributed by atoms with E-state index in [2.05, 4.69) is 73.7 Å². The van der Waals surface area contributed by atoms with Crippen LogP contribution < -0.4 is 4.72 Å². The SMILES string of the molecule is CC(C)c1cc2nccc(NSc3ccc(C(C)(C)C)cc3)n2n1. The van der Waals surface area contributed by atoms with Crippen LogP contribution in [0.5, 0.6) is 0 Å². The molecule has 3 rings (SSSR count). The van der Waals surface area contributed by atoms with Crippen LogP contribution in [0.2, 0.25) is 0 Å². The van der Waals surface area contributed by atoms with E-state index in [0.717, 1.165) is 17.2 Å². The van der Waals surface area contributed by atoms with Gasteiger partial charge in [0.15, 0.2) is 5.65 Å².